The molecule has 2 heterocycles. The number of urea groups is 1. The number of aliphatic carboxylic acids is 1. The summed E-state index contributed by atoms with van der Waals surface area (Å²) in [6.45, 7) is 3.06. The molecule has 0 aliphatic carbocycles. The fourth-order valence-electron chi connectivity index (χ4n) is 3.11. The number of carboxylic acids is 1. The van der Waals surface area contributed by atoms with Crippen molar-refractivity contribution >= 4 is 12.0 Å². The van der Waals surface area contributed by atoms with Gasteiger partial charge in [-0.1, -0.05) is 6.92 Å². The molecule has 2 aliphatic heterocycles. The molecule has 2 amide bonds. The highest BCUT2D eigenvalue weighted by molar-refractivity contribution is 5.83. The number of hydrogen-bond donors (Lipinski definition) is 2. The smallest absolute Gasteiger partial charge is 0.326 e. The Labute approximate surface area is 113 Å². The molecule has 3 unspecified atom stereocenters. The highest BCUT2D eigenvalue weighted by atomic mass is 16.4. The zero-order chi connectivity index (χ0) is 14.0. The summed E-state index contributed by atoms with van der Waals surface area (Å²) in [4.78, 5) is 26.9. The van der Waals surface area contributed by atoms with E-state index in [1.54, 1.807) is 4.90 Å². The average Bonchev–Trinajstić information content (AvgIpc) is 2.78. The molecule has 0 spiro atoms. The van der Waals surface area contributed by atoms with E-state index in [4.69, 9.17) is 0 Å². The normalized spacial score (nSPS) is 31.6. The lowest BCUT2D eigenvalue weighted by Gasteiger charge is -2.37. The third-order valence-electron chi connectivity index (χ3n) is 4.35. The van der Waals surface area contributed by atoms with Gasteiger partial charge < -0.3 is 20.0 Å². The van der Waals surface area contributed by atoms with Crippen LogP contribution in [0.15, 0.2) is 0 Å². The van der Waals surface area contributed by atoms with Gasteiger partial charge in [0.2, 0.25) is 0 Å². The number of amides is 2. The first-order valence-corrected chi connectivity index (χ1v) is 6.97. The maximum Gasteiger partial charge on any atom is 0.326 e. The van der Waals surface area contributed by atoms with Crippen molar-refractivity contribution in [2.45, 2.75) is 44.7 Å². The minimum atomic E-state index is -0.930. The van der Waals surface area contributed by atoms with Crippen molar-refractivity contribution in [3.05, 3.63) is 0 Å². The number of carbonyl (C=O) groups excluding carboxylic acids is 1. The minimum absolute atomic E-state index is 0.0571. The van der Waals surface area contributed by atoms with Crippen LogP contribution in [0, 0.1) is 5.92 Å². The van der Waals surface area contributed by atoms with Gasteiger partial charge in [0.1, 0.15) is 6.04 Å². The number of hydrogen-bond acceptors (Lipinski definition) is 3. The van der Waals surface area contributed by atoms with Gasteiger partial charge in [0, 0.05) is 13.1 Å². The minimum Gasteiger partial charge on any atom is -0.480 e. The lowest BCUT2D eigenvalue weighted by atomic mass is 10.0. The summed E-state index contributed by atoms with van der Waals surface area (Å²) in [5, 5.41) is 18.6. The topological polar surface area (TPSA) is 81.1 Å². The first-order valence-electron chi connectivity index (χ1n) is 6.97. The monoisotopic (exact) mass is 270 g/mol. The van der Waals surface area contributed by atoms with Gasteiger partial charge in [0.05, 0.1) is 12.6 Å². The van der Waals surface area contributed by atoms with Gasteiger partial charge in [-0.3, -0.25) is 0 Å². The maximum absolute atomic E-state index is 12.5. The van der Waals surface area contributed by atoms with Gasteiger partial charge in [-0.25, -0.2) is 9.59 Å². The summed E-state index contributed by atoms with van der Waals surface area (Å²) in [5.74, 6) is -0.664. The summed E-state index contributed by atoms with van der Waals surface area (Å²) in [6, 6.07) is -1.11. The summed E-state index contributed by atoms with van der Waals surface area (Å²) in [5.41, 5.74) is 0. The fourth-order valence-corrected chi connectivity index (χ4v) is 3.11. The first kappa shape index (κ1) is 14.1. The molecule has 0 aromatic carbocycles. The van der Waals surface area contributed by atoms with Crippen molar-refractivity contribution in [3.63, 3.8) is 0 Å². The van der Waals surface area contributed by atoms with E-state index in [1.807, 2.05) is 6.92 Å². The third-order valence-corrected chi connectivity index (χ3v) is 4.35. The third kappa shape index (κ3) is 2.68. The summed E-state index contributed by atoms with van der Waals surface area (Å²) in [7, 11) is 0. The van der Waals surface area contributed by atoms with Crippen LogP contribution in [-0.4, -0.2) is 63.8 Å². The van der Waals surface area contributed by atoms with E-state index in [9.17, 15) is 19.8 Å². The molecule has 0 aromatic rings. The standard InChI is InChI=1S/C13H22N2O4/c1-9-5-7-15(11(9)8-16)13(19)14-6-3-2-4-10(14)12(17)18/h9-11,16H,2-8H2,1H3,(H,17,18). The molecule has 3 atom stereocenters. The molecular weight excluding hydrogens is 248 g/mol. The Kier molecular flexibility index (Phi) is 4.29. The van der Waals surface area contributed by atoms with Crippen molar-refractivity contribution < 1.29 is 19.8 Å². The van der Waals surface area contributed by atoms with E-state index in [0.717, 1.165) is 19.3 Å². The molecule has 2 aliphatic rings. The van der Waals surface area contributed by atoms with Gasteiger partial charge >= 0.3 is 12.0 Å². The van der Waals surface area contributed by atoms with E-state index < -0.39 is 12.0 Å². The highest BCUT2D eigenvalue weighted by Crippen LogP contribution is 2.27. The van der Waals surface area contributed by atoms with Gasteiger partial charge in [0.25, 0.3) is 0 Å². The van der Waals surface area contributed by atoms with Crippen molar-refractivity contribution in [1.29, 1.82) is 0 Å². The summed E-state index contributed by atoms with van der Waals surface area (Å²) >= 11 is 0. The van der Waals surface area contributed by atoms with Crippen LogP contribution in [0.3, 0.4) is 0 Å². The predicted octanol–water partition coefficient (Wildman–Crippen LogP) is 0.748. The number of aliphatic hydroxyl groups is 1. The van der Waals surface area contributed by atoms with Gasteiger partial charge in [-0.15, -0.1) is 0 Å². The maximum atomic E-state index is 12.5. The number of rotatable bonds is 2. The number of nitrogens with zero attached hydrogens (tertiary/aromatic N) is 2. The molecule has 2 fully saturated rings. The van der Waals surface area contributed by atoms with E-state index in [2.05, 4.69) is 0 Å². The van der Waals surface area contributed by atoms with E-state index in [0.29, 0.717) is 19.5 Å². The van der Waals surface area contributed by atoms with E-state index in [-0.39, 0.29) is 24.6 Å². The number of aliphatic hydroxyl groups excluding tert-OH is 1. The molecule has 0 aromatic heterocycles. The van der Waals surface area contributed by atoms with Crippen LogP contribution in [0.5, 0.6) is 0 Å². The van der Waals surface area contributed by atoms with Crippen LogP contribution in [-0.2, 0) is 4.79 Å². The van der Waals surface area contributed by atoms with Crippen molar-refractivity contribution in [3.8, 4) is 0 Å². The molecule has 6 heteroatoms. The van der Waals surface area contributed by atoms with Crippen molar-refractivity contribution in [2.24, 2.45) is 5.92 Å². The van der Waals surface area contributed by atoms with Gasteiger partial charge in [-0.05, 0) is 31.6 Å². The summed E-state index contributed by atoms with van der Waals surface area (Å²) in [6.07, 6.45) is 3.08. The van der Waals surface area contributed by atoms with E-state index in [1.165, 1.54) is 4.90 Å². The average molecular weight is 270 g/mol. The molecule has 2 rings (SSSR count). The lowest BCUT2D eigenvalue weighted by Crippen LogP contribution is -2.55. The highest BCUT2D eigenvalue weighted by Gasteiger charge is 2.40. The van der Waals surface area contributed by atoms with Gasteiger partial charge in [-0.2, -0.15) is 0 Å². The Balaban J connectivity index is 2.11. The van der Waals surface area contributed by atoms with Crippen LogP contribution in [0.4, 0.5) is 4.79 Å². The zero-order valence-corrected chi connectivity index (χ0v) is 11.3. The van der Waals surface area contributed by atoms with Crippen LogP contribution < -0.4 is 0 Å². The van der Waals surface area contributed by atoms with Crippen molar-refractivity contribution in [2.75, 3.05) is 19.7 Å². The molecule has 6 nitrogen and oxygen atoms in total. The Hall–Kier alpha value is -1.30. The SMILES string of the molecule is CC1CCN(C(=O)N2CCCCC2C(=O)O)C1CO. The molecule has 2 N–H and O–H groups in total. The number of carbonyl (C=O) groups is 2. The fraction of sp³-hybridized carbons (Fsp3) is 0.846. The number of carboxylic acid groups (broad SMARTS) is 1. The van der Waals surface area contributed by atoms with Gasteiger partial charge in [0.15, 0.2) is 0 Å². The lowest BCUT2D eigenvalue weighted by molar-refractivity contribution is -0.143. The molecule has 2 saturated heterocycles. The first-order chi connectivity index (χ1) is 9.06. The molecule has 0 radical (unpaired) electrons. The second kappa shape index (κ2) is 5.77. The molecule has 0 saturated carbocycles. The molecule has 0 bridgehead atoms. The predicted molar refractivity (Wildman–Crippen MR) is 68.7 cm³/mol. The van der Waals surface area contributed by atoms with E-state index >= 15 is 0 Å². The zero-order valence-electron chi connectivity index (χ0n) is 11.3. The molecule has 19 heavy (non-hydrogen) atoms. The molecule has 108 valence electrons. The van der Waals surface area contributed by atoms with Crippen LogP contribution >= 0.6 is 0 Å². The van der Waals surface area contributed by atoms with Crippen molar-refractivity contribution in [1.82, 2.24) is 9.80 Å². The Morgan fingerprint density at radius 2 is 1.89 bits per heavy atom. The number of likely N-dealkylation sites (tertiary alicyclic amines) is 2. The Bertz CT molecular complexity index is 361. The largest absolute Gasteiger partial charge is 0.480 e. The molecular formula is C13H22N2O4. The quantitative estimate of drug-likeness (QED) is 0.776. The Morgan fingerprint density at radius 1 is 1.16 bits per heavy atom. The second-order valence-corrected chi connectivity index (χ2v) is 5.54. The second-order valence-electron chi connectivity index (χ2n) is 5.54. The number of piperidine rings is 1. The van der Waals surface area contributed by atoms with Crippen LogP contribution in [0.2, 0.25) is 0 Å². The Morgan fingerprint density at radius 3 is 2.53 bits per heavy atom. The van der Waals surface area contributed by atoms with Crippen LogP contribution in [0.1, 0.15) is 32.6 Å². The summed E-state index contributed by atoms with van der Waals surface area (Å²) < 4.78 is 0. The van der Waals surface area contributed by atoms with Crippen LogP contribution in [0.25, 0.3) is 0 Å².